The van der Waals surface area contributed by atoms with Crippen LogP contribution in [-0.2, 0) is 16.0 Å². The molecule has 1 amide bonds. The van der Waals surface area contributed by atoms with Gasteiger partial charge in [0, 0.05) is 29.5 Å². The minimum absolute atomic E-state index is 0.0732. The summed E-state index contributed by atoms with van der Waals surface area (Å²) in [5.41, 5.74) is 5.64. The van der Waals surface area contributed by atoms with Gasteiger partial charge in [0.2, 0.25) is 5.90 Å². The Morgan fingerprint density at radius 2 is 1.46 bits per heavy atom. The van der Waals surface area contributed by atoms with Gasteiger partial charge in [0.25, 0.3) is 5.91 Å². The lowest BCUT2D eigenvalue weighted by molar-refractivity contribution is -0.129. The van der Waals surface area contributed by atoms with Crippen molar-refractivity contribution in [2.24, 2.45) is 4.99 Å². The summed E-state index contributed by atoms with van der Waals surface area (Å²) in [4.78, 5) is 20.2. The number of nitrogens with one attached hydrogen (secondary N) is 1. The number of amides is 1. The molecule has 0 saturated heterocycles. The number of aliphatic imine (C=N–C) groups is 1. The predicted molar refractivity (Wildman–Crippen MR) is 183 cm³/mol. The number of rotatable bonds is 10. The highest BCUT2D eigenvalue weighted by Crippen LogP contribution is 2.46. The number of nitrogens with zero attached hydrogens (tertiary/aromatic N) is 1. The normalized spacial score (nSPS) is 18.3. The number of ether oxygens (including phenoxy) is 2. The number of aliphatic hydroxyl groups excluding tert-OH is 1. The summed E-state index contributed by atoms with van der Waals surface area (Å²) in [6.45, 7) is 0.497. The zero-order valence-electron chi connectivity index (χ0n) is 25.1. The summed E-state index contributed by atoms with van der Waals surface area (Å²) in [6, 6.07) is 41.5. The van der Waals surface area contributed by atoms with E-state index in [1.54, 1.807) is 0 Å². The Morgan fingerprint density at radius 1 is 0.826 bits per heavy atom. The number of fused-ring (bicyclic) bond motifs is 3. The molecule has 5 aromatic carbocycles. The number of hydrogen-bond acceptors (Lipinski definition) is 5. The van der Waals surface area contributed by atoms with Crippen LogP contribution in [0.25, 0.3) is 11.1 Å². The molecule has 0 radical (unpaired) electrons. The molecule has 5 aromatic rings. The maximum atomic E-state index is 15.0. The molecule has 0 bridgehead atoms. The van der Waals surface area contributed by atoms with Gasteiger partial charge in [0.1, 0.15) is 5.75 Å². The van der Waals surface area contributed by atoms with E-state index >= 15 is 4.79 Å². The van der Waals surface area contributed by atoms with Gasteiger partial charge in [-0.15, -0.1) is 0 Å². The number of carbonyl (C=O) groups excluding carboxylic acids is 1. The molecule has 1 aliphatic heterocycles. The molecule has 0 spiro atoms. The molecular formula is C39H33BrN2O4. The van der Waals surface area contributed by atoms with Crippen LogP contribution in [0.15, 0.2) is 137 Å². The van der Waals surface area contributed by atoms with Crippen molar-refractivity contribution in [2.45, 2.75) is 30.5 Å². The van der Waals surface area contributed by atoms with E-state index in [-0.39, 0.29) is 18.6 Å². The summed E-state index contributed by atoms with van der Waals surface area (Å²) in [5.74, 6) is 0.875. The van der Waals surface area contributed by atoms with Crippen LogP contribution in [0, 0.1) is 0 Å². The van der Waals surface area contributed by atoms with Gasteiger partial charge in [0.15, 0.2) is 11.6 Å². The second kappa shape index (κ2) is 12.9. The molecule has 2 N–H and O–H groups in total. The number of hydrogen-bond donors (Lipinski definition) is 2. The van der Waals surface area contributed by atoms with Gasteiger partial charge in [-0.25, -0.2) is 4.99 Å². The Labute approximate surface area is 276 Å². The Morgan fingerprint density at radius 3 is 2.11 bits per heavy atom. The Bertz CT molecular complexity index is 1830. The Hall–Kier alpha value is -4.72. The first-order chi connectivity index (χ1) is 22.6. The van der Waals surface area contributed by atoms with Crippen LogP contribution in [0.4, 0.5) is 0 Å². The zero-order chi connectivity index (χ0) is 31.5. The second-order valence-electron chi connectivity index (χ2n) is 11.6. The molecule has 7 heteroatoms. The highest BCUT2D eigenvalue weighted by molar-refractivity contribution is 9.10. The molecule has 230 valence electrons. The van der Waals surface area contributed by atoms with Crippen LogP contribution in [0.5, 0.6) is 5.75 Å². The molecule has 46 heavy (non-hydrogen) atoms. The SMILES string of the molecule is O=C(NC1c2ccccc2-c2ccccc21)[C@]1(Cc2ccccc2)N=C(c2ccc(OCCCO)cc2)O[C@@H]1c1ccc(Br)cc1. The minimum atomic E-state index is -1.31. The predicted octanol–water partition coefficient (Wildman–Crippen LogP) is 7.60. The number of halogens is 1. The third-order valence-electron chi connectivity index (χ3n) is 8.63. The Kier molecular flexibility index (Phi) is 8.43. The lowest BCUT2D eigenvalue weighted by atomic mass is 9.81. The van der Waals surface area contributed by atoms with Crippen LogP contribution in [0.1, 0.15) is 46.4 Å². The van der Waals surface area contributed by atoms with Crippen molar-refractivity contribution in [3.63, 3.8) is 0 Å². The molecule has 2 atom stereocenters. The summed E-state index contributed by atoms with van der Waals surface area (Å²) >= 11 is 3.56. The first-order valence-corrected chi connectivity index (χ1v) is 16.2. The lowest BCUT2D eigenvalue weighted by Crippen LogP contribution is -2.50. The van der Waals surface area contributed by atoms with Crippen molar-refractivity contribution in [3.8, 4) is 16.9 Å². The first-order valence-electron chi connectivity index (χ1n) is 15.4. The lowest BCUT2D eigenvalue weighted by Gasteiger charge is -2.32. The Balaban J connectivity index is 1.32. The quantitative estimate of drug-likeness (QED) is 0.150. The van der Waals surface area contributed by atoms with Crippen LogP contribution in [-0.4, -0.2) is 35.7 Å². The van der Waals surface area contributed by atoms with E-state index < -0.39 is 11.6 Å². The van der Waals surface area contributed by atoms with E-state index in [0.29, 0.717) is 31.1 Å². The van der Waals surface area contributed by atoms with Crippen molar-refractivity contribution in [1.82, 2.24) is 5.32 Å². The zero-order valence-corrected chi connectivity index (χ0v) is 26.7. The van der Waals surface area contributed by atoms with Gasteiger partial charge in [-0.05, 0) is 69.8 Å². The van der Waals surface area contributed by atoms with Crippen LogP contribution >= 0.6 is 15.9 Å². The number of benzene rings is 5. The molecular weight excluding hydrogens is 640 g/mol. The fourth-order valence-corrected chi connectivity index (χ4v) is 6.66. The molecule has 1 aliphatic carbocycles. The molecule has 6 nitrogen and oxygen atoms in total. The summed E-state index contributed by atoms with van der Waals surface area (Å²) in [5, 5.41) is 12.5. The van der Waals surface area contributed by atoms with Crippen LogP contribution in [0.3, 0.4) is 0 Å². The fraction of sp³-hybridized carbons (Fsp3) is 0.179. The highest BCUT2D eigenvalue weighted by Gasteiger charge is 2.54. The molecule has 1 heterocycles. The largest absolute Gasteiger partial charge is 0.494 e. The standard InChI is InChI=1S/C39H33BrN2O4/c40-29-19-15-27(16-20-29)36-39(25-26-9-2-1-3-10-26,42-37(46-36)28-17-21-30(22-18-28)45-24-8-23-43)38(44)41-35-33-13-6-4-11-31(33)32-12-5-7-14-34(32)35/h1-7,9-22,35-36,43H,8,23-25H2,(H,41,44)/t36-,39-/m1/s1. The van der Waals surface area contributed by atoms with E-state index in [0.717, 1.165) is 43.4 Å². The third kappa shape index (κ3) is 5.72. The molecule has 2 aliphatic rings. The van der Waals surface area contributed by atoms with E-state index in [4.69, 9.17) is 19.6 Å². The van der Waals surface area contributed by atoms with Crippen molar-refractivity contribution < 1.29 is 19.4 Å². The molecule has 0 unspecified atom stereocenters. The third-order valence-corrected chi connectivity index (χ3v) is 9.16. The van der Waals surface area contributed by atoms with Gasteiger partial charge < -0.3 is 19.9 Å². The number of carbonyl (C=O) groups is 1. The van der Waals surface area contributed by atoms with Gasteiger partial charge >= 0.3 is 0 Å². The fourth-order valence-electron chi connectivity index (χ4n) is 6.39. The highest BCUT2D eigenvalue weighted by atomic mass is 79.9. The first kappa shape index (κ1) is 30.0. The van der Waals surface area contributed by atoms with Crippen molar-refractivity contribution in [3.05, 3.63) is 160 Å². The molecule has 0 saturated carbocycles. The second-order valence-corrected chi connectivity index (χ2v) is 12.5. The average molecular weight is 674 g/mol. The van der Waals surface area contributed by atoms with Crippen LogP contribution in [0.2, 0.25) is 0 Å². The monoisotopic (exact) mass is 672 g/mol. The maximum absolute atomic E-state index is 15.0. The van der Waals surface area contributed by atoms with Crippen molar-refractivity contribution >= 4 is 27.7 Å². The number of aliphatic hydroxyl groups is 1. The summed E-state index contributed by atoms with van der Waals surface area (Å²) in [6.07, 6.45) is 0.199. The van der Waals surface area contributed by atoms with Crippen molar-refractivity contribution in [1.29, 1.82) is 0 Å². The van der Waals surface area contributed by atoms with Gasteiger partial charge in [-0.2, -0.15) is 0 Å². The van der Waals surface area contributed by atoms with E-state index in [1.807, 2.05) is 103 Å². The van der Waals surface area contributed by atoms with Crippen LogP contribution < -0.4 is 10.1 Å². The molecule has 7 rings (SSSR count). The summed E-state index contributed by atoms with van der Waals surface area (Å²) < 4.78 is 13.4. The minimum Gasteiger partial charge on any atom is -0.494 e. The van der Waals surface area contributed by atoms with E-state index in [9.17, 15) is 0 Å². The van der Waals surface area contributed by atoms with Gasteiger partial charge in [-0.3, -0.25) is 4.79 Å². The van der Waals surface area contributed by atoms with Crippen molar-refractivity contribution in [2.75, 3.05) is 13.2 Å². The average Bonchev–Trinajstić information content (AvgIpc) is 3.63. The van der Waals surface area contributed by atoms with E-state index in [2.05, 4.69) is 45.5 Å². The summed E-state index contributed by atoms with van der Waals surface area (Å²) in [7, 11) is 0. The van der Waals surface area contributed by atoms with Gasteiger partial charge in [-0.1, -0.05) is 107 Å². The van der Waals surface area contributed by atoms with Gasteiger partial charge in [0.05, 0.1) is 12.6 Å². The van der Waals surface area contributed by atoms with E-state index in [1.165, 1.54) is 0 Å². The molecule has 0 aromatic heterocycles. The smallest absolute Gasteiger partial charge is 0.253 e. The maximum Gasteiger partial charge on any atom is 0.253 e. The molecule has 0 fully saturated rings. The topological polar surface area (TPSA) is 80.2 Å².